The molecule has 0 saturated heterocycles. The van der Waals surface area contributed by atoms with Crippen LogP contribution in [0.5, 0.6) is 0 Å². The van der Waals surface area contributed by atoms with E-state index in [-0.39, 0.29) is 0 Å². The van der Waals surface area contributed by atoms with Crippen LogP contribution in [-0.4, -0.2) is 5.78 Å². The van der Waals surface area contributed by atoms with E-state index in [0.717, 1.165) is 12.0 Å². The van der Waals surface area contributed by atoms with E-state index < -0.39 is 0 Å². The molecule has 0 aromatic rings. The van der Waals surface area contributed by atoms with Gasteiger partial charge in [0.2, 0.25) is 0 Å². The minimum absolute atomic E-state index is 0.333. The molecule has 0 N–H and O–H groups in total. The molecule has 1 aliphatic rings. The number of hydrogen-bond acceptors (Lipinski definition) is 1. The smallest absolute Gasteiger partial charge is 0.159 e. The van der Waals surface area contributed by atoms with Gasteiger partial charge in [-0.3, -0.25) is 4.79 Å². The third-order valence-electron chi connectivity index (χ3n) is 2.24. The van der Waals surface area contributed by atoms with E-state index in [1.807, 2.05) is 13.8 Å². The van der Waals surface area contributed by atoms with Crippen LogP contribution in [0.2, 0.25) is 0 Å². The van der Waals surface area contributed by atoms with Crippen LogP contribution in [0.1, 0.15) is 27.2 Å². The maximum absolute atomic E-state index is 10.9. The zero-order valence-electron chi connectivity index (χ0n) is 6.19. The van der Waals surface area contributed by atoms with Crippen LogP contribution >= 0.6 is 0 Å². The molecular formula is C8H12O. The first-order chi connectivity index (χ1) is 4.13. The summed E-state index contributed by atoms with van der Waals surface area (Å²) in [7, 11) is 0. The maximum atomic E-state index is 10.9. The van der Waals surface area contributed by atoms with Crippen LogP contribution in [0, 0.1) is 5.92 Å². The van der Waals surface area contributed by atoms with Crippen molar-refractivity contribution >= 4 is 5.78 Å². The quantitative estimate of drug-likeness (QED) is 0.482. The molecule has 1 rings (SSSR count). The lowest BCUT2D eigenvalue weighted by molar-refractivity contribution is -0.115. The summed E-state index contributed by atoms with van der Waals surface area (Å²) in [5, 5.41) is 0. The second-order valence-corrected chi connectivity index (χ2v) is 2.84. The van der Waals surface area contributed by atoms with E-state index in [2.05, 4.69) is 6.92 Å². The molecule has 1 heteroatoms. The Morgan fingerprint density at radius 3 is 2.11 bits per heavy atom. The second kappa shape index (κ2) is 1.98. The standard InChI is InChI=1S/C8H12O/c1-5-4-8(9)7(3)6(5)2/h5H,4H2,1-3H3/t5-/m0/s1. The summed E-state index contributed by atoms with van der Waals surface area (Å²) in [6.07, 6.45) is 0.734. The Bertz CT molecular complexity index is 177. The molecular weight excluding hydrogens is 112 g/mol. The maximum Gasteiger partial charge on any atom is 0.159 e. The second-order valence-electron chi connectivity index (χ2n) is 2.84. The first-order valence-corrected chi connectivity index (χ1v) is 3.33. The Morgan fingerprint density at radius 1 is 1.44 bits per heavy atom. The lowest BCUT2D eigenvalue weighted by Crippen LogP contribution is -1.93. The molecule has 0 aliphatic heterocycles. The molecule has 0 unspecified atom stereocenters. The third-order valence-corrected chi connectivity index (χ3v) is 2.24. The Morgan fingerprint density at radius 2 is 2.00 bits per heavy atom. The van der Waals surface area contributed by atoms with Crippen molar-refractivity contribution in [3.05, 3.63) is 11.1 Å². The first kappa shape index (κ1) is 6.53. The normalized spacial score (nSPS) is 27.9. The average Bonchev–Trinajstić information content (AvgIpc) is 1.98. The number of carbonyl (C=O) groups is 1. The minimum Gasteiger partial charge on any atom is -0.295 e. The molecule has 0 aromatic carbocycles. The highest BCUT2D eigenvalue weighted by atomic mass is 16.1. The van der Waals surface area contributed by atoms with Gasteiger partial charge < -0.3 is 0 Å². The van der Waals surface area contributed by atoms with Gasteiger partial charge in [-0.1, -0.05) is 12.5 Å². The summed E-state index contributed by atoms with van der Waals surface area (Å²) < 4.78 is 0. The molecule has 1 nitrogen and oxygen atoms in total. The van der Waals surface area contributed by atoms with Crippen molar-refractivity contribution in [3.63, 3.8) is 0 Å². The van der Waals surface area contributed by atoms with E-state index in [0.29, 0.717) is 11.7 Å². The largest absolute Gasteiger partial charge is 0.295 e. The fourth-order valence-electron chi connectivity index (χ4n) is 1.17. The van der Waals surface area contributed by atoms with Crippen molar-refractivity contribution in [2.45, 2.75) is 27.2 Å². The van der Waals surface area contributed by atoms with Crippen molar-refractivity contribution in [3.8, 4) is 0 Å². The van der Waals surface area contributed by atoms with E-state index in [1.165, 1.54) is 5.57 Å². The third kappa shape index (κ3) is 0.913. The number of ketones is 1. The molecule has 0 bridgehead atoms. The molecule has 0 saturated carbocycles. The van der Waals surface area contributed by atoms with Crippen LogP contribution in [0.25, 0.3) is 0 Å². The molecule has 50 valence electrons. The summed E-state index contributed by atoms with van der Waals surface area (Å²) in [5.41, 5.74) is 2.27. The molecule has 1 atom stereocenters. The summed E-state index contributed by atoms with van der Waals surface area (Å²) >= 11 is 0. The Balaban J connectivity index is 2.92. The van der Waals surface area contributed by atoms with Crippen LogP contribution < -0.4 is 0 Å². The van der Waals surface area contributed by atoms with Gasteiger partial charge in [0.25, 0.3) is 0 Å². The van der Waals surface area contributed by atoms with Crippen molar-refractivity contribution in [1.82, 2.24) is 0 Å². The van der Waals surface area contributed by atoms with Gasteiger partial charge in [-0.2, -0.15) is 0 Å². The first-order valence-electron chi connectivity index (χ1n) is 3.33. The van der Waals surface area contributed by atoms with Crippen LogP contribution in [0.15, 0.2) is 11.1 Å². The van der Waals surface area contributed by atoms with Gasteiger partial charge in [0, 0.05) is 6.42 Å². The Kier molecular flexibility index (Phi) is 1.43. The Hall–Kier alpha value is -0.590. The lowest BCUT2D eigenvalue weighted by Gasteiger charge is -1.98. The summed E-state index contributed by atoms with van der Waals surface area (Å²) in [6.45, 7) is 6.07. The van der Waals surface area contributed by atoms with Gasteiger partial charge >= 0.3 is 0 Å². The van der Waals surface area contributed by atoms with Gasteiger partial charge in [-0.25, -0.2) is 0 Å². The fourth-order valence-corrected chi connectivity index (χ4v) is 1.17. The van der Waals surface area contributed by atoms with E-state index >= 15 is 0 Å². The van der Waals surface area contributed by atoms with Crippen molar-refractivity contribution in [2.24, 2.45) is 5.92 Å². The highest BCUT2D eigenvalue weighted by molar-refractivity contribution is 5.98. The predicted octanol–water partition coefficient (Wildman–Crippen LogP) is 1.93. The molecule has 0 fully saturated rings. The van der Waals surface area contributed by atoms with Gasteiger partial charge in [0.05, 0.1) is 0 Å². The van der Waals surface area contributed by atoms with Crippen molar-refractivity contribution < 1.29 is 4.79 Å². The molecule has 9 heavy (non-hydrogen) atoms. The van der Waals surface area contributed by atoms with E-state index in [9.17, 15) is 4.79 Å². The zero-order chi connectivity index (χ0) is 7.02. The van der Waals surface area contributed by atoms with E-state index in [1.54, 1.807) is 0 Å². The van der Waals surface area contributed by atoms with E-state index in [4.69, 9.17) is 0 Å². The zero-order valence-corrected chi connectivity index (χ0v) is 6.19. The SMILES string of the molecule is CC1=C(C)[C@@H](C)CC1=O. The topological polar surface area (TPSA) is 17.1 Å². The number of hydrogen-bond donors (Lipinski definition) is 0. The molecule has 0 heterocycles. The Labute approximate surface area is 55.8 Å². The number of allylic oxidation sites excluding steroid dienone is 2. The van der Waals surface area contributed by atoms with Crippen LogP contribution in [0.3, 0.4) is 0 Å². The summed E-state index contributed by atoms with van der Waals surface area (Å²) in [4.78, 5) is 10.9. The van der Waals surface area contributed by atoms with Gasteiger partial charge in [-0.05, 0) is 25.3 Å². The molecule has 0 spiro atoms. The highest BCUT2D eigenvalue weighted by Crippen LogP contribution is 2.27. The summed E-state index contributed by atoms with van der Waals surface area (Å²) in [5.74, 6) is 0.831. The monoisotopic (exact) mass is 124 g/mol. The van der Waals surface area contributed by atoms with Crippen LogP contribution in [-0.2, 0) is 4.79 Å². The minimum atomic E-state index is 0.333. The predicted molar refractivity (Wildman–Crippen MR) is 37.2 cm³/mol. The molecule has 0 radical (unpaired) electrons. The number of Topliss-reactive ketones (excluding diaryl/α,β-unsaturated/α-hetero) is 1. The van der Waals surface area contributed by atoms with Crippen LogP contribution in [0.4, 0.5) is 0 Å². The number of carbonyl (C=O) groups excluding carboxylic acids is 1. The fraction of sp³-hybridized carbons (Fsp3) is 0.625. The van der Waals surface area contributed by atoms with Gasteiger partial charge in [0.15, 0.2) is 5.78 Å². The molecule has 0 amide bonds. The average molecular weight is 124 g/mol. The van der Waals surface area contributed by atoms with Gasteiger partial charge in [0.1, 0.15) is 0 Å². The van der Waals surface area contributed by atoms with Crippen molar-refractivity contribution in [2.75, 3.05) is 0 Å². The lowest BCUT2D eigenvalue weighted by atomic mass is 10.1. The highest BCUT2D eigenvalue weighted by Gasteiger charge is 2.22. The number of rotatable bonds is 0. The summed E-state index contributed by atoms with van der Waals surface area (Å²) in [6, 6.07) is 0. The van der Waals surface area contributed by atoms with Crippen molar-refractivity contribution in [1.29, 1.82) is 0 Å². The van der Waals surface area contributed by atoms with Gasteiger partial charge in [-0.15, -0.1) is 0 Å². The molecule has 1 aliphatic carbocycles. The molecule has 0 aromatic heterocycles.